The molecule has 0 unspecified atom stereocenters. The van der Waals surface area contributed by atoms with E-state index >= 15 is 0 Å². The number of anilines is 1. The van der Waals surface area contributed by atoms with Crippen molar-refractivity contribution < 1.29 is 9.59 Å². The summed E-state index contributed by atoms with van der Waals surface area (Å²) >= 11 is 0. The fraction of sp³-hybridized carbons (Fsp3) is 0.636. The van der Waals surface area contributed by atoms with E-state index in [1.165, 1.54) is 31.2 Å². The van der Waals surface area contributed by atoms with Gasteiger partial charge in [0.1, 0.15) is 0 Å². The Labute approximate surface area is 159 Å². The second-order valence-corrected chi connectivity index (χ2v) is 7.60. The van der Waals surface area contributed by atoms with Crippen LogP contribution in [0.3, 0.4) is 0 Å². The minimum Gasteiger partial charge on any atom is -0.356 e. The van der Waals surface area contributed by atoms with Crippen molar-refractivity contribution in [3.05, 3.63) is 29.8 Å². The zero-order valence-corrected chi connectivity index (χ0v) is 16.9. The normalized spacial score (nSPS) is 12.0. The number of carbonyl (C=O) groups is 2. The van der Waals surface area contributed by atoms with Crippen LogP contribution in [0.5, 0.6) is 0 Å². The summed E-state index contributed by atoms with van der Waals surface area (Å²) in [7, 11) is 0. The molecule has 1 atom stereocenters. The predicted molar refractivity (Wildman–Crippen MR) is 109 cm³/mol. The van der Waals surface area contributed by atoms with Crippen LogP contribution in [0, 0.1) is 5.92 Å². The lowest BCUT2D eigenvalue weighted by molar-refractivity contribution is -0.122. The van der Waals surface area contributed by atoms with Crippen molar-refractivity contribution in [3.63, 3.8) is 0 Å². The van der Waals surface area contributed by atoms with Gasteiger partial charge in [0.15, 0.2) is 0 Å². The van der Waals surface area contributed by atoms with E-state index in [0.717, 1.165) is 18.7 Å². The molecule has 26 heavy (non-hydrogen) atoms. The molecule has 2 amide bonds. The second kappa shape index (κ2) is 12.5. The number of hydrogen-bond acceptors (Lipinski definition) is 2. The van der Waals surface area contributed by atoms with Crippen LogP contribution in [0.1, 0.15) is 84.1 Å². The Morgan fingerprint density at radius 1 is 0.885 bits per heavy atom. The first-order chi connectivity index (χ1) is 12.4. The van der Waals surface area contributed by atoms with Crippen LogP contribution in [0.25, 0.3) is 0 Å². The highest BCUT2D eigenvalue weighted by molar-refractivity contribution is 5.91. The van der Waals surface area contributed by atoms with Crippen LogP contribution < -0.4 is 10.6 Å². The quantitative estimate of drug-likeness (QED) is 0.500. The topological polar surface area (TPSA) is 58.2 Å². The summed E-state index contributed by atoms with van der Waals surface area (Å²) in [5.74, 6) is 0.513. The van der Waals surface area contributed by atoms with Gasteiger partial charge in [0.05, 0.1) is 0 Å². The number of unbranched alkanes of at least 4 members (excludes halogenated alkanes) is 4. The summed E-state index contributed by atoms with van der Waals surface area (Å²) in [6.07, 6.45) is 6.69. The van der Waals surface area contributed by atoms with Gasteiger partial charge in [-0.2, -0.15) is 0 Å². The monoisotopic (exact) mass is 360 g/mol. The van der Waals surface area contributed by atoms with Gasteiger partial charge in [-0.1, -0.05) is 65.5 Å². The lowest BCUT2D eigenvalue weighted by Gasteiger charge is -2.12. The van der Waals surface area contributed by atoms with Crippen molar-refractivity contribution in [1.29, 1.82) is 0 Å². The molecule has 4 heteroatoms. The largest absolute Gasteiger partial charge is 0.356 e. The molecule has 0 spiro atoms. The SMILES string of the molecule is CCCCCCCNC(=O)C[C@@H](C)CC(=O)Nc1ccc(C(C)C)cc1. The van der Waals surface area contributed by atoms with E-state index in [2.05, 4.69) is 31.4 Å². The van der Waals surface area contributed by atoms with Crippen LogP contribution in [-0.2, 0) is 9.59 Å². The van der Waals surface area contributed by atoms with E-state index in [1.807, 2.05) is 31.2 Å². The van der Waals surface area contributed by atoms with Gasteiger partial charge in [-0.25, -0.2) is 0 Å². The molecule has 4 nitrogen and oxygen atoms in total. The maximum atomic E-state index is 12.1. The highest BCUT2D eigenvalue weighted by Crippen LogP contribution is 2.18. The number of rotatable bonds is 12. The summed E-state index contributed by atoms with van der Waals surface area (Å²) in [4.78, 5) is 24.1. The van der Waals surface area contributed by atoms with Crippen molar-refractivity contribution in [2.45, 2.75) is 78.6 Å². The molecule has 1 aromatic carbocycles. The minimum atomic E-state index is -0.0397. The second-order valence-electron chi connectivity index (χ2n) is 7.60. The summed E-state index contributed by atoms with van der Waals surface area (Å²) < 4.78 is 0. The van der Waals surface area contributed by atoms with Gasteiger partial charge in [-0.15, -0.1) is 0 Å². The van der Waals surface area contributed by atoms with Gasteiger partial charge >= 0.3 is 0 Å². The fourth-order valence-electron chi connectivity index (χ4n) is 2.90. The van der Waals surface area contributed by atoms with Gasteiger partial charge in [-0.3, -0.25) is 9.59 Å². The maximum Gasteiger partial charge on any atom is 0.224 e. The fourth-order valence-corrected chi connectivity index (χ4v) is 2.90. The summed E-state index contributed by atoms with van der Waals surface area (Å²) in [6.45, 7) is 9.17. The van der Waals surface area contributed by atoms with E-state index in [1.54, 1.807) is 0 Å². The lowest BCUT2D eigenvalue weighted by atomic mass is 10.0. The minimum absolute atomic E-state index is 0.0324. The molecular weight excluding hydrogens is 324 g/mol. The molecule has 1 aromatic rings. The van der Waals surface area contributed by atoms with E-state index in [9.17, 15) is 9.59 Å². The smallest absolute Gasteiger partial charge is 0.224 e. The zero-order valence-electron chi connectivity index (χ0n) is 16.9. The van der Waals surface area contributed by atoms with Crippen LogP contribution in [0.2, 0.25) is 0 Å². The van der Waals surface area contributed by atoms with Crippen molar-refractivity contribution in [2.75, 3.05) is 11.9 Å². The number of benzene rings is 1. The van der Waals surface area contributed by atoms with Gasteiger partial charge in [0.25, 0.3) is 0 Å². The third-order valence-electron chi connectivity index (χ3n) is 4.53. The number of nitrogens with one attached hydrogen (secondary N) is 2. The van der Waals surface area contributed by atoms with Crippen molar-refractivity contribution in [2.24, 2.45) is 5.92 Å². The third-order valence-corrected chi connectivity index (χ3v) is 4.53. The first kappa shape index (κ1) is 22.2. The molecule has 0 aliphatic heterocycles. The molecule has 2 N–H and O–H groups in total. The Hall–Kier alpha value is -1.84. The Morgan fingerprint density at radius 2 is 1.50 bits per heavy atom. The lowest BCUT2D eigenvalue weighted by Crippen LogP contribution is -2.27. The highest BCUT2D eigenvalue weighted by Gasteiger charge is 2.13. The molecule has 0 aromatic heterocycles. The molecule has 1 rings (SSSR count). The molecule has 0 aliphatic carbocycles. The van der Waals surface area contributed by atoms with E-state index in [4.69, 9.17) is 0 Å². The zero-order chi connectivity index (χ0) is 19.4. The first-order valence-electron chi connectivity index (χ1n) is 10.1. The molecular formula is C22H36N2O2. The van der Waals surface area contributed by atoms with Crippen molar-refractivity contribution in [3.8, 4) is 0 Å². The average Bonchev–Trinajstić information content (AvgIpc) is 2.58. The first-order valence-corrected chi connectivity index (χ1v) is 10.1. The van der Waals surface area contributed by atoms with Crippen LogP contribution in [-0.4, -0.2) is 18.4 Å². The number of carbonyl (C=O) groups excluding carboxylic acids is 2. The van der Waals surface area contributed by atoms with Gasteiger partial charge < -0.3 is 10.6 Å². The van der Waals surface area contributed by atoms with Crippen molar-refractivity contribution in [1.82, 2.24) is 5.32 Å². The Bertz CT molecular complexity index is 538. The molecule has 0 fully saturated rings. The van der Waals surface area contributed by atoms with Crippen LogP contribution >= 0.6 is 0 Å². The molecule has 0 radical (unpaired) electrons. The Morgan fingerprint density at radius 3 is 2.12 bits per heavy atom. The molecule has 0 bridgehead atoms. The predicted octanol–water partition coefficient (Wildman–Crippen LogP) is 5.25. The number of hydrogen-bond donors (Lipinski definition) is 2. The molecule has 0 saturated heterocycles. The Balaban J connectivity index is 2.23. The summed E-state index contributed by atoms with van der Waals surface area (Å²) in [5.41, 5.74) is 2.06. The van der Waals surface area contributed by atoms with Crippen LogP contribution in [0.4, 0.5) is 5.69 Å². The van der Waals surface area contributed by atoms with Crippen molar-refractivity contribution >= 4 is 17.5 Å². The third kappa shape index (κ3) is 9.59. The summed E-state index contributed by atoms with van der Waals surface area (Å²) in [6, 6.07) is 7.95. The van der Waals surface area contributed by atoms with Gasteiger partial charge in [-0.05, 0) is 36.0 Å². The number of amides is 2. The highest BCUT2D eigenvalue weighted by atomic mass is 16.2. The molecule has 0 heterocycles. The van der Waals surface area contributed by atoms with E-state index in [0.29, 0.717) is 18.8 Å². The van der Waals surface area contributed by atoms with Gasteiger partial charge in [0.2, 0.25) is 11.8 Å². The van der Waals surface area contributed by atoms with Crippen LogP contribution in [0.15, 0.2) is 24.3 Å². The molecule has 0 saturated carbocycles. The molecule has 0 aliphatic rings. The standard InChI is InChI=1S/C22H36N2O2/c1-5-6-7-8-9-14-23-21(25)15-18(4)16-22(26)24-20-12-10-19(11-13-20)17(2)3/h10-13,17-18H,5-9,14-16H2,1-4H3,(H,23,25)(H,24,26)/t18-/m1/s1. The van der Waals surface area contributed by atoms with E-state index < -0.39 is 0 Å². The Kier molecular flexibility index (Phi) is 10.7. The van der Waals surface area contributed by atoms with E-state index in [-0.39, 0.29) is 17.7 Å². The van der Waals surface area contributed by atoms with Gasteiger partial charge in [0, 0.05) is 25.1 Å². The average molecular weight is 361 g/mol. The maximum absolute atomic E-state index is 12.1. The summed E-state index contributed by atoms with van der Waals surface area (Å²) in [5, 5.41) is 5.87. The molecule has 146 valence electrons.